The molecule has 1 N–H and O–H groups in total. The zero-order chi connectivity index (χ0) is 13.8. The van der Waals surface area contributed by atoms with Crippen LogP contribution in [-0.4, -0.2) is 5.21 Å². The summed E-state index contributed by atoms with van der Waals surface area (Å²) in [6, 6.07) is 14.7. The van der Waals surface area contributed by atoms with Gasteiger partial charge in [-0.15, -0.1) is 0 Å². The molecule has 0 saturated carbocycles. The minimum Gasteiger partial charge on any atom is -0.287 e. The number of halogens is 2. The molecule has 2 aromatic rings. The molecule has 2 aromatic carbocycles. The maximum Gasteiger partial charge on any atom is 0.170 e. The summed E-state index contributed by atoms with van der Waals surface area (Å²) in [7, 11) is 0. The first-order chi connectivity index (χ1) is 9.15. The van der Waals surface area contributed by atoms with Crippen LogP contribution in [-0.2, 0) is 0 Å². The molecule has 0 aliphatic carbocycles. The van der Waals surface area contributed by atoms with Crippen molar-refractivity contribution >= 4 is 28.9 Å². The van der Waals surface area contributed by atoms with Crippen molar-refractivity contribution < 1.29 is 5.21 Å². The summed E-state index contributed by atoms with van der Waals surface area (Å²) in [5.41, 5.74) is 0.879. The molecular formula is C14H10Cl2N2O. The van der Waals surface area contributed by atoms with E-state index in [0.29, 0.717) is 21.3 Å². The minimum atomic E-state index is -0.969. The van der Waals surface area contributed by atoms with E-state index in [-0.39, 0.29) is 0 Å². The molecule has 0 amide bonds. The van der Waals surface area contributed by atoms with E-state index in [1.807, 2.05) is 12.1 Å². The third-order valence-electron chi connectivity index (χ3n) is 2.66. The lowest BCUT2D eigenvalue weighted by molar-refractivity contribution is 0.236. The largest absolute Gasteiger partial charge is 0.287 e. The number of rotatable bonds is 3. The summed E-state index contributed by atoms with van der Waals surface area (Å²) < 4.78 is 0. The van der Waals surface area contributed by atoms with Crippen molar-refractivity contribution in [2.45, 2.75) is 6.04 Å². The zero-order valence-corrected chi connectivity index (χ0v) is 11.3. The van der Waals surface area contributed by atoms with Crippen LogP contribution in [0.2, 0.25) is 10.0 Å². The fourth-order valence-electron chi connectivity index (χ4n) is 1.74. The van der Waals surface area contributed by atoms with Crippen LogP contribution in [0.25, 0.3) is 0 Å². The van der Waals surface area contributed by atoms with Gasteiger partial charge in [-0.3, -0.25) is 5.21 Å². The van der Waals surface area contributed by atoms with Gasteiger partial charge in [-0.25, -0.2) is 5.06 Å². The van der Waals surface area contributed by atoms with Crippen molar-refractivity contribution in [2.75, 3.05) is 5.06 Å². The van der Waals surface area contributed by atoms with Crippen molar-refractivity contribution in [3.63, 3.8) is 0 Å². The Morgan fingerprint density at radius 2 is 1.58 bits per heavy atom. The minimum absolute atomic E-state index is 0.342. The average molecular weight is 293 g/mol. The topological polar surface area (TPSA) is 47.3 Å². The first-order valence-electron chi connectivity index (χ1n) is 5.52. The Morgan fingerprint density at radius 3 is 2.11 bits per heavy atom. The highest BCUT2D eigenvalue weighted by Crippen LogP contribution is 2.34. The molecule has 0 bridgehead atoms. The van der Waals surface area contributed by atoms with Gasteiger partial charge in [-0.2, -0.15) is 5.26 Å². The Hall–Kier alpha value is -1.73. The van der Waals surface area contributed by atoms with Gasteiger partial charge in [-0.05, 0) is 24.3 Å². The number of hydrogen-bond acceptors (Lipinski definition) is 3. The van der Waals surface area contributed by atoms with Crippen molar-refractivity contribution in [3.8, 4) is 6.07 Å². The molecule has 0 aliphatic rings. The molecule has 0 spiro atoms. The molecule has 19 heavy (non-hydrogen) atoms. The highest BCUT2D eigenvalue weighted by molar-refractivity contribution is 6.36. The molecule has 0 heterocycles. The number of nitrogens with zero attached hydrogens (tertiary/aromatic N) is 2. The van der Waals surface area contributed by atoms with Gasteiger partial charge in [0.25, 0.3) is 0 Å². The molecule has 96 valence electrons. The summed E-state index contributed by atoms with van der Waals surface area (Å²) in [6.45, 7) is 0. The van der Waals surface area contributed by atoms with E-state index in [0.717, 1.165) is 5.06 Å². The first-order valence-corrected chi connectivity index (χ1v) is 6.27. The quantitative estimate of drug-likeness (QED) is 0.850. The number of nitriles is 1. The molecule has 0 aliphatic heterocycles. The summed E-state index contributed by atoms with van der Waals surface area (Å²) >= 11 is 12.1. The Kier molecular flexibility index (Phi) is 4.28. The molecule has 2 rings (SSSR count). The second-order valence-corrected chi connectivity index (χ2v) is 4.66. The van der Waals surface area contributed by atoms with Crippen LogP contribution in [0, 0.1) is 11.3 Å². The van der Waals surface area contributed by atoms with Gasteiger partial charge in [0.05, 0.1) is 11.8 Å². The van der Waals surface area contributed by atoms with Crippen molar-refractivity contribution in [2.24, 2.45) is 0 Å². The molecule has 1 atom stereocenters. The maximum atomic E-state index is 10.2. The fraction of sp³-hybridized carbons (Fsp3) is 0.0714. The Morgan fingerprint density at radius 1 is 1.00 bits per heavy atom. The van der Waals surface area contributed by atoms with Crippen molar-refractivity contribution in [3.05, 3.63) is 64.1 Å². The first kappa shape index (κ1) is 13.7. The van der Waals surface area contributed by atoms with Gasteiger partial charge in [0.2, 0.25) is 0 Å². The van der Waals surface area contributed by atoms with Gasteiger partial charge in [0.1, 0.15) is 0 Å². The average Bonchev–Trinajstić information content (AvgIpc) is 2.43. The van der Waals surface area contributed by atoms with Gasteiger partial charge in [0, 0.05) is 15.6 Å². The number of hydrogen-bond donors (Lipinski definition) is 1. The molecular weight excluding hydrogens is 283 g/mol. The summed E-state index contributed by atoms with van der Waals surface area (Å²) in [6.07, 6.45) is 0. The van der Waals surface area contributed by atoms with Crippen LogP contribution in [0.4, 0.5) is 5.69 Å². The Balaban J connectivity index is 2.44. The second kappa shape index (κ2) is 5.94. The standard InChI is InChI=1S/C14H10Cl2N2O/c15-11-7-4-8-12(16)14(11)13(9-17)18(19)10-5-2-1-3-6-10/h1-8,13,19H. The molecule has 0 saturated heterocycles. The highest BCUT2D eigenvalue weighted by atomic mass is 35.5. The van der Waals surface area contributed by atoms with Crippen LogP contribution in [0.1, 0.15) is 11.6 Å². The Labute approximate surface area is 121 Å². The van der Waals surface area contributed by atoms with Crippen molar-refractivity contribution in [1.82, 2.24) is 0 Å². The maximum absolute atomic E-state index is 10.2. The Bertz CT molecular complexity index is 590. The van der Waals surface area contributed by atoms with Crippen LogP contribution >= 0.6 is 23.2 Å². The lowest BCUT2D eigenvalue weighted by atomic mass is 10.1. The smallest absolute Gasteiger partial charge is 0.170 e. The third-order valence-corrected chi connectivity index (χ3v) is 3.32. The van der Waals surface area contributed by atoms with Crippen molar-refractivity contribution in [1.29, 1.82) is 5.26 Å². The molecule has 1 unspecified atom stereocenters. The van der Waals surface area contributed by atoms with Gasteiger partial charge >= 0.3 is 0 Å². The van der Waals surface area contributed by atoms with Crippen LogP contribution < -0.4 is 5.06 Å². The molecule has 0 aromatic heterocycles. The highest BCUT2D eigenvalue weighted by Gasteiger charge is 2.24. The molecule has 0 fully saturated rings. The number of benzene rings is 2. The monoisotopic (exact) mass is 292 g/mol. The van der Waals surface area contributed by atoms with Gasteiger partial charge < -0.3 is 0 Å². The van der Waals surface area contributed by atoms with Crippen LogP contribution in [0.3, 0.4) is 0 Å². The van der Waals surface area contributed by atoms with E-state index < -0.39 is 6.04 Å². The van der Waals surface area contributed by atoms with E-state index in [1.54, 1.807) is 42.5 Å². The van der Waals surface area contributed by atoms with Gasteiger partial charge in [-0.1, -0.05) is 47.5 Å². The molecule has 0 radical (unpaired) electrons. The lowest BCUT2D eigenvalue weighted by Gasteiger charge is -2.24. The third kappa shape index (κ3) is 2.82. The number of anilines is 1. The zero-order valence-electron chi connectivity index (χ0n) is 9.79. The number of hydroxylamine groups is 1. The fourth-order valence-corrected chi connectivity index (χ4v) is 2.35. The SMILES string of the molecule is N#CC(c1c(Cl)cccc1Cl)N(O)c1ccccc1. The van der Waals surface area contributed by atoms with E-state index in [4.69, 9.17) is 23.2 Å². The van der Waals surface area contributed by atoms with E-state index in [2.05, 4.69) is 0 Å². The van der Waals surface area contributed by atoms with E-state index in [9.17, 15) is 10.5 Å². The predicted molar refractivity (Wildman–Crippen MR) is 75.5 cm³/mol. The molecule has 5 heteroatoms. The van der Waals surface area contributed by atoms with E-state index in [1.165, 1.54) is 0 Å². The number of para-hydroxylation sites is 1. The predicted octanol–water partition coefficient (Wildman–Crippen LogP) is 4.45. The van der Waals surface area contributed by atoms with Crippen LogP contribution in [0.15, 0.2) is 48.5 Å². The normalized spacial score (nSPS) is 11.7. The second-order valence-electron chi connectivity index (χ2n) is 3.85. The molecule has 3 nitrogen and oxygen atoms in total. The summed E-state index contributed by atoms with van der Waals surface area (Å²) in [5, 5.41) is 21.0. The van der Waals surface area contributed by atoms with Gasteiger partial charge in [0.15, 0.2) is 6.04 Å². The summed E-state index contributed by atoms with van der Waals surface area (Å²) in [5.74, 6) is 0. The van der Waals surface area contributed by atoms with E-state index >= 15 is 0 Å². The summed E-state index contributed by atoms with van der Waals surface area (Å²) in [4.78, 5) is 0. The van der Waals surface area contributed by atoms with Crippen LogP contribution in [0.5, 0.6) is 0 Å². The lowest BCUT2D eigenvalue weighted by Crippen LogP contribution is -2.24.